The van der Waals surface area contributed by atoms with Gasteiger partial charge in [-0.05, 0) is 51.8 Å². The molecular weight excluding hydrogens is 415 g/mol. The maximum atomic E-state index is 6.11. The van der Waals surface area contributed by atoms with Crippen LogP contribution in [-0.4, -0.2) is 6.61 Å². The minimum Gasteiger partial charge on any atom is -0.492 e. The number of hydrogen-bond acceptors (Lipinski definition) is 1. The fourth-order valence-electron chi connectivity index (χ4n) is 1.58. The van der Waals surface area contributed by atoms with Crippen molar-refractivity contribution in [2.45, 2.75) is 6.42 Å². The fourth-order valence-corrected chi connectivity index (χ4v) is 2.79. The molecule has 2 aromatic carbocycles. The van der Waals surface area contributed by atoms with E-state index in [1.165, 1.54) is 0 Å². The quantitative estimate of drug-likeness (QED) is 0.572. The zero-order valence-corrected chi connectivity index (χ0v) is 14.5. The summed E-state index contributed by atoms with van der Waals surface area (Å²) in [6.45, 7) is 0.552. The van der Waals surface area contributed by atoms with Gasteiger partial charge in [0.1, 0.15) is 5.75 Å². The van der Waals surface area contributed by atoms with Gasteiger partial charge in [-0.3, -0.25) is 0 Å². The van der Waals surface area contributed by atoms with Crippen molar-refractivity contribution in [3.8, 4) is 5.75 Å². The summed E-state index contributed by atoms with van der Waals surface area (Å²) in [4.78, 5) is 0. The van der Waals surface area contributed by atoms with Gasteiger partial charge >= 0.3 is 0 Å². The smallest absolute Gasteiger partial charge is 0.134 e. The zero-order valence-electron chi connectivity index (χ0n) is 9.80. The van der Waals surface area contributed by atoms with Gasteiger partial charge < -0.3 is 4.74 Å². The van der Waals surface area contributed by atoms with E-state index in [9.17, 15) is 0 Å². The summed E-state index contributed by atoms with van der Waals surface area (Å²) < 4.78 is 7.65. The van der Waals surface area contributed by atoms with Crippen molar-refractivity contribution in [2.24, 2.45) is 0 Å². The van der Waals surface area contributed by atoms with Gasteiger partial charge in [-0.1, -0.05) is 45.2 Å². The van der Waals surface area contributed by atoms with Crippen molar-refractivity contribution in [1.29, 1.82) is 0 Å². The van der Waals surface area contributed by atoms with Gasteiger partial charge in [-0.15, -0.1) is 0 Å². The van der Waals surface area contributed by atoms with Crippen LogP contribution in [0.3, 0.4) is 0 Å². The highest BCUT2D eigenvalue weighted by molar-refractivity contribution is 9.11. The molecular formula is C14H10Br2Cl2O. The molecule has 0 fully saturated rings. The average molecular weight is 425 g/mol. The zero-order chi connectivity index (χ0) is 13.8. The minimum absolute atomic E-state index is 0.552. The van der Waals surface area contributed by atoms with Crippen LogP contribution in [0.2, 0.25) is 10.0 Å². The SMILES string of the molecule is Clc1ccc(CCOc2cc(Br)ccc2Br)c(Cl)c1. The maximum Gasteiger partial charge on any atom is 0.134 e. The molecule has 0 aliphatic carbocycles. The number of ether oxygens (including phenoxy) is 1. The molecule has 1 nitrogen and oxygen atoms in total. The predicted molar refractivity (Wildman–Crippen MR) is 87.5 cm³/mol. The predicted octanol–water partition coefficient (Wildman–Crippen LogP) is 6.14. The Hall–Kier alpha value is -0.220. The molecule has 0 atom stereocenters. The lowest BCUT2D eigenvalue weighted by molar-refractivity contribution is 0.320. The third-order valence-electron chi connectivity index (χ3n) is 2.54. The number of halogens is 4. The Bertz CT molecular complexity index is 588. The van der Waals surface area contributed by atoms with Crippen LogP contribution < -0.4 is 4.74 Å². The minimum atomic E-state index is 0.552. The second-order valence-electron chi connectivity index (χ2n) is 3.91. The molecule has 0 aliphatic rings. The van der Waals surface area contributed by atoms with Gasteiger partial charge in [0.25, 0.3) is 0 Å². The molecule has 0 aliphatic heterocycles. The molecule has 5 heteroatoms. The summed E-state index contributed by atoms with van der Waals surface area (Å²) in [5.74, 6) is 0.805. The summed E-state index contributed by atoms with van der Waals surface area (Å²) in [5, 5.41) is 1.31. The second-order valence-corrected chi connectivity index (χ2v) is 6.52. The second kappa shape index (κ2) is 6.98. The molecule has 0 saturated carbocycles. The molecule has 0 N–H and O–H groups in total. The topological polar surface area (TPSA) is 9.23 Å². The van der Waals surface area contributed by atoms with Crippen LogP contribution in [0.15, 0.2) is 45.3 Å². The Balaban J connectivity index is 1.98. The van der Waals surface area contributed by atoms with E-state index in [2.05, 4.69) is 31.9 Å². The first-order valence-electron chi connectivity index (χ1n) is 5.58. The fraction of sp³-hybridized carbons (Fsp3) is 0.143. The Labute approximate surface area is 139 Å². The van der Waals surface area contributed by atoms with Gasteiger partial charge in [-0.25, -0.2) is 0 Å². The van der Waals surface area contributed by atoms with E-state index in [1.54, 1.807) is 6.07 Å². The normalized spacial score (nSPS) is 10.5. The van der Waals surface area contributed by atoms with Crippen LogP contribution >= 0.6 is 55.1 Å². The molecule has 19 heavy (non-hydrogen) atoms. The van der Waals surface area contributed by atoms with Crippen LogP contribution in [0.1, 0.15) is 5.56 Å². The third kappa shape index (κ3) is 4.38. The Morgan fingerprint density at radius 1 is 1.00 bits per heavy atom. The standard InChI is InChI=1S/C14H10Br2Cl2O/c15-10-2-4-12(16)14(7-10)19-6-5-9-1-3-11(17)8-13(9)18/h1-4,7-8H,5-6H2. The molecule has 2 aromatic rings. The molecule has 0 spiro atoms. The van der Waals surface area contributed by atoms with Gasteiger partial charge in [-0.2, -0.15) is 0 Å². The summed E-state index contributed by atoms with van der Waals surface area (Å²) >= 11 is 18.8. The van der Waals surface area contributed by atoms with Gasteiger partial charge in [0.05, 0.1) is 11.1 Å². The van der Waals surface area contributed by atoms with Gasteiger partial charge in [0.15, 0.2) is 0 Å². The third-order valence-corrected chi connectivity index (χ3v) is 4.27. The molecule has 0 saturated heterocycles. The first-order chi connectivity index (χ1) is 9.06. The molecule has 0 radical (unpaired) electrons. The van der Waals surface area contributed by atoms with Crippen molar-refractivity contribution >= 4 is 55.1 Å². The lowest BCUT2D eigenvalue weighted by Crippen LogP contribution is -2.02. The molecule has 0 amide bonds. The van der Waals surface area contributed by atoms with Crippen LogP contribution in [0.25, 0.3) is 0 Å². The number of rotatable bonds is 4. The lowest BCUT2D eigenvalue weighted by Gasteiger charge is -2.09. The number of benzene rings is 2. The van der Waals surface area contributed by atoms with E-state index in [-0.39, 0.29) is 0 Å². The molecule has 100 valence electrons. The molecule has 0 bridgehead atoms. The maximum absolute atomic E-state index is 6.11. The molecule has 0 heterocycles. The first-order valence-corrected chi connectivity index (χ1v) is 7.92. The van der Waals surface area contributed by atoms with Gasteiger partial charge in [0.2, 0.25) is 0 Å². The Kier molecular flexibility index (Phi) is 5.58. The van der Waals surface area contributed by atoms with Crippen LogP contribution in [0.4, 0.5) is 0 Å². The van der Waals surface area contributed by atoms with E-state index in [1.807, 2.05) is 30.3 Å². The average Bonchev–Trinajstić information content (AvgIpc) is 2.36. The van der Waals surface area contributed by atoms with Crippen molar-refractivity contribution in [3.63, 3.8) is 0 Å². The van der Waals surface area contributed by atoms with E-state index in [0.29, 0.717) is 16.7 Å². The van der Waals surface area contributed by atoms with E-state index < -0.39 is 0 Å². The Morgan fingerprint density at radius 2 is 1.79 bits per heavy atom. The van der Waals surface area contributed by atoms with Crippen molar-refractivity contribution in [3.05, 3.63) is 61.0 Å². The monoisotopic (exact) mass is 422 g/mol. The number of hydrogen-bond donors (Lipinski definition) is 0. The summed E-state index contributed by atoms with van der Waals surface area (Å²) in [6, 6.07) is 11.3. The van der Waals surface area contributed by atoms with E-state index in [0.717, 1.165) is 26.7 Å². The van der Waals surface area contributed by atoms with Crippen LogP contribution in [0.5, 0.6) is 5.75 Å². The van der Waals surface area contributed by atoms with Gasteiger partial charge in [0, 0.05) is 20.9 Å². The van der Waals surface area contributed by atoms with E-state index >= 15 is 0 Å². The lowest BCUT2D eigenvalue weighted by atomic mass is 10.2. The van der Waals surface area contributed by atoms with E-state index in [4.69, 9.17) is 27.9 Å². The van der Waals surface area contributed by atoms with Crippen molar-refractivity contribution in [1.82, 2.24) is 0 Å². The largest absolute Gasteiger partial charge is 0.492 e. The highest BCUT2D eigenvalue weighted by Crippen LogP contribution is 2.29. The Morgan fingerprint density at radius 3 is 2.53 bits per heavy atom. The van der Waals surface area contributed by atoms with Crippen LogP contribution in [-0.2, 0) is 6.42 Å². The summed E-state index contributed by atoms with van der Waals surface area (Å²) in [7, 11) is 0. The molecule has 2 rings (SSSR count). The molecule has 0 aromatic heterocycles. The van der Waals surface area contributed by atoms with Crippen molar-refractivity contribution < 1.29 is 4.74 Å². The first kappa shape index (κ1) is 15.2. The summed E-state index contributed by atoms with van der Waals surface area (Å²) in [5.41, 5.74) is 1.03. The highest BCUT2D eigenvalue weighted by atomic mass is 79.9. The van der Waals surface area contributed by atoms with Crippen LogP contribution in [0, 0.1) is 0 Å². The highest BCUT2D eigenvalue weighted by Gasteiger charge is 2.04. The summed E-state index contributed by atoms with van der Waals surface area (Å²) in [6.07, 6.45) is 0.731. The van der Waals surface area contributed by atoms with Crippen molar-refractivity contribution in [2.75, 3.05) is 6.61 Å². The molecule has 0 unspecified atom stereocenters.